The second kappa shape index (κ2) is 11.1. The van der Waals surface area contributed by atoms with Crippen molar-refractivity contribution in [1.29, 1.82) is 0 Å². The van der Waals surface area contributed by atoms with Gasteiger partial charge in [0.25, 0.3) is 0 Å². The number of likely N-dealkylation sites (N-methyl/N-ethyl adjacent to an activating group) is 1. The smallest absolute Gasteiger partial charge is 0.246 e. The maximum Gasteiger partial charge on any atom is 0.246 e. The van der Waals surface area contributed by atoms with Crippen LogP contribution in [0.1, 0.15) is 19.4 Å². The number of hydrogen-bond acceptors (Lipinski definition) is 9. The highest BCUT2D eigenvalue weighted by molar-refractivity contribution is 7.88. The maximum atomic E-state index is 13.2. The minimum absolute atomic E-state index is 0.0161. The van der Waals surface area contributed by atoms with Crippen molar-refractivity contribution < 1.29 is 27.9 Å². The molecule has 2 heterocycles. The van der Waals surface area contributed by atoms with E-state index in [0.29, 0.717) is 17.0 Å². The molecule has 13 nitrogen and oxygen atoms in total. The minimum atomic E-state index is -3.45. The Kier molecular flexibility index (Phi) is 8.40. The van der Waals surface area contributed by atoms with Crippen LogP contribution in [-0.4, -0.2) is 99.9 Å². The number of aliphatic hydroxyl groups is 1. The summed E-state index contributed by atoms with van der Waals surface area (Å²) < 4.78 is 32.8. The normalized spacial score (nSPS) is 19.8. The topological polar surface area (TPSA) is 160 Å². The Bertz CT molecular complexity index is 1140. The lowest BCUT2D eigenvalue weighted by molar-refractivity contribution is -0.134. The van der Waals surface area contributed by atoms with Crippen LogP contribution in [0.15, 0.2) is 24.5 Å². The molecule has 0 saturated carbocycles. The molecule has 1 aromatic heterocycles. The van der Waals surface area contributed by atoms with Crippen molar-refractivity contribution in [3.63, 3.8) is 0 Å². The summed E-state index contributed by atoms with van der Waals surface area (Å²) in [5.74, 6) is -0.380. The number of nitrogens with zero attached hydrogens (tertiary/aromatic N) is 6. The number of carbonyl (C=O) groups is 2. The number of aromatic nitrogens is 4. The van der Waals surface area contributed by atoms with Gasteiger partial charge in [-0.25, -0.2) is 17.4 Å². The fourth-order valence-electron chi connectivity index (χ4n) is 3.71. The molecule has 1 aromatic carbocycles. The predicted molar refractivity (Wildman–Crippen MR) is 126 cm³/mol. The molecule has 1 aliphatic rings. The molecular formula is C21H31N7O6S. The number of ether oxygens (including phenoxy) is 1. The summed E-state index contributed by atoms with van der Waals surface area (Å²) >= 11 is 0. The first-order valence-electron chi connectivity index (χ1n) is 11.1. The van der Waals surface area contributed by atoms with E-state index in [2.05, 4.69) is 20.8 Å². The zero-order valence-electron chi connectivity index (χ0n) is 20.2. The number of tetrazole rings is 1. The van der Waals surface area contributed by atoms with E-state index in [9.17, 15) is 23.1 Å². The third kappa shape index (κ3) is 6.96. The fourth-order valence-corrected chi connectivity index (χ4v) is 4.13. The molecule has 3 rings (SSSR count). The largest absolute Gasteiger partial charge is 0.488 e. The van der Waals surface area contributed by atoms with Crippen molar-refractivity contribution in [3.05, 3.63) is 30.1 Å². The first kappa shape index (κ1) is 26.5. The summed E-state index contributed by atoms with van der Waals surface area (Å²) in [6.07, 6.45) is 1.86. The van der Waals surface area contributed by atoms with E-state index in [1.807, 2.05) is 6.92 Å². The third-order valence-electron chi connectivity index (χ3n) is 5.90. The summed E-state index contributed by atoms with van der Waals surface area (Å²) in [5.41, 5.74) is 0.989. The Morgan fingerprint density at radius 2 is 2.14 bits per heavy atom. The van der Waals surface area contributed by atoms with E-state index >= 15 is 0 Å². The van der Waals surface area contributed by atoms with Crippen LogP contribution in [0.4, 0.5) is 5.69 Å². The number of aliphatic hydroxyl groups excluding tert-OH is 1. The molecule has 14 heteroatoms. The highest BCUT2D eigenvalue weighted by Gasteiger charge is 2.32. The molecule has 0 fully saturated rings. The number of hydrogen-bond donors (Lipinski definition) is 2. The lowest BCUT2D eigenvalue weighted by Gasteiger charge is -2.33. The number of benzene rings is 1. The van der Waals surface area contributed by atoms with Crippen molar-refractivity contribution in [1.82, 2.24) is 29.4 Å². The molecule has 0 unspecified atom stereocenters. The van der Waals surface area contributed by atoms with Crippen molar-refractivity contribution in [2.75, 3.05) is 38.3 Å². The number of rotatable bonds is 8. The molecule has 0 bridgehead atoms. The molecule has 2 amide bonds. The van der Waals surface area contributed by atoms with E-state index in [4.69, 9.17) is 4.74 Å². The van der Waals surface area contributed by atoms with Crippen LogP contribution in [0, 0.1) is 5.92 Å². The van der Waals surface area contributed by atoms with E-state index in [1.165, 1.54) is 22.4 Å². The Balaban J connectivity index is 1.91. The highest BCUT2D eigenvalue weighted by Crippen LogP contribution is 2.29. The van der Waals surface area contributed by atoms with Crippen LogP contribution in [0.3, 0.4) is 0 Å². The van der Waals surface area contributed by atoms with Crippen LogP contribution < -0.4 is 10.1 Å². The van der Waals surface area contributed by atoms with Gasteiger partial charge in [-0.3, -0.25) is 9.59 Å². The third-order valence-corrected chi connectivity index (χ3v) is 7.18. The first-order chi connectivity index (χ1) is 16.5. The maximum absolute atomic E-state index is 13.2. The average Bonchev–Trinajstić information content (AvgIpc) is 3.30. The Labute approximate surface area is 204 Å². The quantitative estimate of drug-likeness (QED) is 0.471. The average molecular weight is 510 g/mol. The SMILES string of the molecule is C[C@@H]1CN([C@H](C)CO)C(=O)Cc2cc(NC(=O)Cn3cnnn3)ccc2O[C@@H]1CN(C)S(C)(=O)=O. The van der Waals surface area contributed by atoms with Crippen LogP contribution in [0.5, 0.6) is 5.75 Å². The standard InChI is InChI=1S/C21H31N7O6S/c1-14-9-28(15(2)12-29)21(31)8-16-7-17(23-20(30)11-27-13-22-24-25-27)5-6-18(16)34-19(14)10-26(3)35(4,32)33/h5-7,13-15,19,29H,8-12H2,1-4H3,(H,23,30)/t14-,15-,19-/m1/s1. The summed E-state index contributed by atoms with van der Waals surface area (Å²) in [7, 11) is -1.98. The van der Waals surface area contributed by atoms with E-state index in [1.54, 1.807) is 30.0 Å². The van der Waals surface area contributed by atoms with Crippen molar-refractivity contribution >= 4 is 27.5 Å². The van der Waals surface area contributed by atoms with Crippen LogP contribution in [-0.2, 0) is 32.6 Å². The number of sulfonamides is 1. The molecule has 0 spiro atoms. The lowest BCUT2D eigenvalue weighted by atomic mass is 10.0. The first-order valence-corrected chi connectivity index (χ1v) is 12.9. The molecule has 3 atom stereocenters. The number of carbonyl (C=O) groups excluding carboxylic acids is 2. The Hall–Kier alpha value is -3.10. The Morgan fingerprint density at radius 1 is 1.40 bits per heavy atom. The molecule has 0 saturated heterocycles. The zero-order valence-corrected chi connectivity index (χ0v) is 21.0. The molecule has 2 aromatic rings. The van der Waals surface area contributed by atoms with Gasteiger partial charge in [0.2, 0.25) is 21.8 Å². The molecule has 2 N–H and O–H groups in total. The van der Waals surface area contributed by atoms with Crippen molar-refractivity contribution in [2.45, 2.75) is 39.0 Å². The second-order valence-electron chi connectivity index (χ2n) is 8.81. The molecule has 192 valence electrons. The van der Waals surface area contributed by atoms with E-state index < -0.39 is 22.2 Å². The van der Waals surface area contributed by atoms with Gasteiger partial charge in [-0.2, -0.15) is 0 Å². The minimum Gasteiger partial charge on any atom is -0.488 e. The van der Waals surface area contributed by atoms with Gasteiger partial charge < -0.3 is 20.1 Å². The van der Waals surface area contributed by atoms with Gasteiger partial charge in [0, 0.05) is 30.8 Å². The summed E-state index contributed by atoms with van der Waals surface area (Å²) in [5, 5.41) is 23.1. The fraction of sp³-hybridized carbons (Fsp3) is 0.571. The van der Waals surface area contributed by atoms with E-state index in [0.717, 1.165) is 6.26 Å². The summed E-state index contributed by atoms with van der Waals surface area (Å²) in [6.45, 7) is 3.69. The molecule has 0 radical (unpaired) electrons. The van der Waals surface area contributed by atoms with Gasteiger partial charge in [0.1, 0.15) is 24.7 Å². The number of nitrogens with one attached hydrogen (secondary N) is 1. The summed E-state index contributed by atoms with van der Waals surface area (Å²) in [6, 6.07) is 4.52. The molecule has 1 aliphatic heterocycles. The van der Waals surface area contributed by atoms with Gasteiger partial charge >= 0.3 is 0 Å². The molecular weight excluding hydrogens is 478 g/mol. The van der Waals surface area contributed by atoms with Crippen LogP contribution in [0.2, 0.25) is 0 Å². The monoisotopic (exact) mass is 509 g/mol. The lowest BCUT2D eigenvalue weighted by Crippen LogP contribution is -2.48. The zero-order chi connectivity index (χ0) is 25.8. The van der Waals surface area contributed by atoms with Gasteiger partial charge in [-0.1, -0.05) is 6.92 Å². The van der Waals surface area contributed by atoms with Gasteiger partial charge in [-0.05, 0) is 35.5 Å². The number of anilines is 1. The Morgan fingerprint density at radius 3 is 2.77 bits per heavy atom. The van der Waals surface area contributed by atoms with Gasteiger partial charge in [-0.15, -0.1) is 5.10 Å². The van der Waals surface area contributed by atoms with E-state index in [-0.39, 0.29) is 50.4 Å². The second-order valence-corrected chi connectivity index (χ2v) is 10.9. The van der Waals surface area contributed by atoms with Crippen LogP contribution >= 0.6 is 0 Å². The highest BCUT2D eigenvalue weighted by atomic mass is 32.2. The summed E-state index contributed by atoms with van der Waals surface area (Å²) in [4.78, 5) is 27.1. The number of amides is 2. The van der Waals surface area contributed by atoms with Gasteiger partial charge in [0.05, 0.1) is 31.9 Å². The number of fused-ring (bicyclic) bond motifs is 1. The van der Waals surface area contributed by atoms with Crippen molar-refractivity contribution in [2.24, 2.45) is 5.92 Å². The van der Waals surface area contributed by atoms with Crippen molar-refractivity contribution in [3.8, 4) is 5.75 Å². The van der Waals surface area contributed by atoms with Gasteiger partial charge in [0.15, 0.2) is 0 Å². The molecule has 35 heavy (non-hydrogen) atoms. The van der Waals surface area contributed by atoms with Crippen LogP contribution in [0.25, 0.3) is 0 Å². The predicted octanol–water partition coefficient (Wildman–Crippen LogP) is -0.648. The molecule has 0 aliphatic carbocycles.